The molecule has 0 saturated carbocycles. The zero-order valence-electron chi connectivity index (χ0n) is 12.1. The molecule has 112 valence electrons. The molecule has 2 aromatic heterocycles. The van der Waals surface area contributed by atoms with Crippen molar-refractivity contribution in [3.63, 3.8) is 0 Å². The van der Waals surface area contributed by atoms with Gasteiger partial charge in [-0.2, -0.15) is 0 Å². The lowest BCUT2D eigenvalue weighted by Gasteiger charge is -2.07. The number of carbonyl (C=O) groups excluding carboxylic acids is 1. The molecule has 0 spiro atoms. The number of H-pyrrole nitrogens is 1. The SMILES string of the molecule is O=C1C=C(Nc2ccccc2)O/C1=C/c1c[nH]c2ncccc12. The fraction of sp³-hybridized carbons (Fsp3) is 0. The number of allylic oxidation sites excluding steroid dienone is 1. The second-order valence-electron chi connectivity index (χ2n) is 5.12. The van der Waals surface area contributed by atoms with Crippen molar-refractivity contribution in [1.82, 2.24) is 9.97 Å². The maximum Gasteiger partial charge on any atom is 0.226 e. The molecule has 0 saturated heterocycles. The lowest BCUT2D eigenvalue weighted by Crippen LogP contribution is -1.99. The molecule has 1 aliphatic rings. The van der Waals surface area contributed by atoms with Crippen LogP contribution in [0.4, 0.5) is 5.69 Å². The third kappa shape index (κ3) is 2.60. The number of nitrogens with zero attached hydrogens (tertiary/aromatic N) is 1. The molecule has 0 bridgehead atoms. The predicted octanol–water partition coefficient (Wildman–Crippen LogP) is 3.46. The summed E-state index contributed by atoms with van der Waals surface area (Å²) in [6.07, 6.45) is 6.70. The third-order valence-corrected chi connectivity index (χ3v) is 3.54. The standard InChI is InChI=1S/C18H13N3O2/c22-15-10-17(21-13-5-2-1-3-6-13)23-16(15)9-12-11-20-18-14(12)7-4-8-19-18/h1-11,21H,(H,19,20)/b16-9+. The van der Waals surface area contributed by atoms with Gasteiger partial charge in [0.25, 0.3) is 0 Å². The molecule has 3 heterocycles. The van der Waals surface area contributed by atoms with E-state index in [0.717, 1.165) is 22.3 Å². The Hall–Kier alpha value is -3.34. The molecule has 23 heavy (non-hydrogen) atoms. The van der Waals surface area contributed by atoms with Crippen molar-refractivity contribution in [2.45, 2.75) is 0 Å². The van der Waals surface area contributed by atoms with E-state index in [0.29, 0.717) is 5.88 Å². The summed E-state index contributed by atoms with van der Waals surface area (Å²) in [7, 11) is 0. The number of ether oxygens (including phenoxy) is 1. The number of pyridine rings is 1. The van der Waals surface area contributed by atoms with Gasteiger partial charge in [0.1, 0.15) is 5.65 Å². The number of carbonyl (C=O) groups is 1. The molecule has 1 aromatic carbocycles. The van der Waals surface area contributed by atoms with Gasteiger partial charge in [-0.05, 0) is 30.3 Å². The van der Waals surface area contributed by atoms with Crippen molar-refractivity contribution in [3.8, 4) is 0 Å². The second kappa shape index (κ2) is 5.46. The summed E-state index contributed by atoms with van der Waals surface area (Å²) in [5.41, 5.74) is 2.51. The summed E-state index contributed by atoms with van der Waals surface area (Å²) in [4.78, 5) is 19.4. The van der Waals surface area contributed by atoms with Gasteiger partial charge in [0.05, 0.1) is 6.08 Å². The summed E-state index contributed by atoms with van der Waals surface area (Å²) >= 11 is 0. The molecule has 2 N–H and O–H groups in total. The zero-order valence-corrected chi connectivity index (χ0v) is 12.1. The first kappa shape index (κ1) is 13.3. The Morgan fingerprint density at radius 2 is 2.00 bits per heavy atom. The Morgan fingerprint density at radius 3 is 2.87 bits per heavy atom. The molecule has 0 unspecified atom stereocenters. The normalized spacial score (nSPS) is 15.7. The maximum atomic E-state index is 12.1. The smallest absolute Gasteiger partial charge is 0.226 e. The van der Waals surface area contributed by atoms with Crippen LogP contribution in [-0.4, -0.2) is 15.8 Å². The monoisotopic (exact) mass is 303 g/mol. The van der Waals surface area contributed by atoms with Crippen molar-refractivity contribution in [1.29, 1.82) is 0 Å². The number of para-hydroxylation sites is 1. The number of aromatic nitrogens is 2. The number of fused-ring (bicyclic) bond motifs is 1. The van der Waals surface area contributed by atoms with E-state index in [1.807, 2.05) is 48.7 Å². The largest absolute Gasteiger partial charge is 0.437 e. The summed E-state index contributed by atoms with van der Waals surface area (Å²) < 4.78 is 5.63. The van der Waals surface area contributed by atoms with E-state index in [1.54, 1.807) is 12.3 Å². The number of nitrogens with one attached hydrogen (secondary N) is 2. The van der Waals surface area contributed by atoms with Crippen LogP contribution in [-0.2, 0) is 9.53 Å². The first-order valence-corrected chi connectivity index (χ1v) is 7.19. The predicted molar refractivity (Wildman–Crippen MR) is 88.3 cm³/mol. The Balaban J connectivity index is 1.58. The summed E-state index contributed by atoms with van der Waals surface area (Å²) in [6.45, 7) is 0. The molecule has 3 aromatic rings. The van der Waals surface area contributed by atoms with Crippen LogP contribution in [0, 0.1) is 0 Å². The highest BCUT2D eigenvalue weighted by atomic mass is 16.5. The molecule has 5 nitrogen and oxygen atoms in total. The number of hydrogen-bond donors (Lipinski definition) is 2. The highest BCUT2D eigenvalue weighted by Crippen LogP contribution is 2.24. The van der Waals surface area contributed by atoms with Gasteiger partial charge in [0, 0.05) is 29.0 Å². The zero-order chi connectivity index (χ0) is 15.6. The number of ketones is 1. The molecule has 1 aliphatic heterocycles. The molecule has 0 atom stereocenters. The van der Waals surface area contributed by atoms with Crippen LogP contribution in [0.25, 0.3) is 17.1 Å². The van der Waals surface area contributed by atoms with Crippen molar-refractivity contribution in [3.05, 3.63) is 78.1 Å². The highest BCUT2D eigenvalue weighted by Gasteiger charge is 2.21. The van der Waals surface area contributed by atoms with Gasteiger partial charge < -0.3 is 15.0 Å². The lowest BCUT2D eigenvalue weighted by molar-refractivity contribution is -0.112. The topological polar surface area (TPSA) is 67.0 Å². The molecule has 0 fully saturated rings. The maximum absolute atomic E-state index is 12.1. The number of benzene rings is 1. The number of rotatable bonds is 3. The minimum Gasteiger partial charge on any atom is -0.437 e. The first-order valence-electron chi connectivity index (χ1n) is 7.19. The minimum atomic E-state index is -0.165. The van der Waals surface area contributed by atoms with Gasteiger partial charge in [-0.3, -0.25) is 4.79 Å². The van der Waals surface area contributed by atoms with Crippen molar-refractivity contribution < 1.29 is 9.53 Å². The molecule has 0 radical (unpaired) electrons. The Bertz CT molecular complexity index is 939. The van der Waals surface area contributed by atoms with Gasteiger partial charge in [-0.15, -0.1) is 0 Å². The summed E-state index contributed by atoms with van der Waals surface area (Å²) in [5, 5.41) is 4.02. The van der Waals surface area contributed by atoms with E-state index < -0.39 is 0 Å². The van der Waals surface area contributed by atoms with E-state index in [1.165, 1.54) is 6.08 Å². The molecule has 4 rings (SSSR count). The fourth-order valence-corrected chi connectivity index (χ4v) is 2.45. The molecule has 0 aliphatic carbocycles. The van der Waals surface area contributed by atoms with E-state index >= 15 is 0 Å². The molecular formula is C18H13N3O2. The van der Waals surface area contributed by atoms with Crippen LogP contribution >= 0.6 is 0 Å². The van der Waals surface area contributed by atoms with E-state index in [2.05, 4.69) is 15.3 Å². The average molecular weight is 303 g/mol. The fourth-order valence-electron chi connectivity index (χ4n) is 2.45. The highest BCUT2D eigenvalue weighted by molar-refractivity contribution is 6.09. The van der Waals surface area contributed by atoms with Crippen LogP contribution < -0.4 is 5.32 Å². The van der Waals surface area contributed by atoms with Gasteiger partial charge in [-0.1, -0.05) is 18.2 Å². The van der Waals surface area contributed by atoms with Crippen LogP contribution in [0.1, 0.15) is 5.56 Å². The van der Waals surface area contributed by atoms with Crippen molar-refractivity contribution >= 4 is 28.6 Å². The lowest BCUT2D eigenvalue weighted by atomic mass is 10.2. The van der Waals surface area contributed by atoms with Crippen LogP contribution in [0.2, 0.25) is 0 Å². The Kier molecular flexibility index (Phi) is 3.16. The summed E-state index contributed by atoms with van der Waals surface area (Å²) in [6, 6.07) is 13.4. The van der Waals surface area contributed by atoms with Crippen molar-refractivity contribution in [2.24, 2.45) is 0 Å². The van der Waals surface area contributed by atoms with Crippen LogP contribution in [0.5, 0.6) is 0 Å². The number of anilines is 1. The minimum absolute atomic E-state index is 0.165. The van der Waals surface area contributed by atoms with E-state index in [4.69, 9.17) is 4.74 Å². The van der Waals surface area contributed by atoms with E-state index in [9.17, 15) is 4.79 Å². The summed E-state index contributed by atoms with van der Waals surface area (Å²) in [5.74, 6) is 0.542. The van der Waals surface area contributed by atoms with Crippen molar-refractivity contribution in [2.75, 3.05) is 5.32 Å². The number of aromatic amines is 1. The quantitative estimate of drug-likeness (QED) is 0.727. The van der Waals surface area contributed by atoms with Crippen LogP contribution in [0.15, 0.2) is 72.6 Å². The van der Waals surface area contributed by atoms with Gasteiger partial charge in [-0.25, -0.2) is 4.98 Å². The van der Waals surface area contributed by atoms with Gasteiger partial charge in [0.2, 0.25) is 11.7 Å². The van der Waals surface area contributed by atoms with Gasteiger partial charge in [0.15, 0.2) is 5.76 Å². The Labute approximate surface area is 132 Å². The molecule has 0 amide bonds. The number of hydrogen-bond acceptors (Lipinski definition) is 4. The Morgan fingerprint density at radius 1 is 1.13 bits per heavy atom. The third-order valence-electron chi connectivity index (χ3n) is 3.54. The van der Waals surface area contributed by atoms with Gasteiger partial charge >= 0.3 is 0 Å². The first-order chi connectivity index (χ1) is 11.3. The molecular weight excluding hydrogens is 290 g/mol. The second-order valence-corrected chi connectivity index (χ2v) is 5.12. The van der Waals surface area contributed by atoms with Crippen LogP contribution in [0.3, 0.4) is 0 Å². The average Bonchev–Trinajstić information content (AvgIpc) is 3.13. The molecule has 5 heteroatoms. The van der Waals surface area contributed by atoms with E-state index in [-0.39, 0.29) is 11.5 Å².